The predicted molar refractivity (Wildman–Crippen MR) is 153 cm³/mol. The number of hydrogen-bond donors (Lipinski definition) is 1. The fraction of sp³-hybridized carbons (Fsp3) is 0.406. The first kappa shape index (κ1) is 26.3. The second-order valence-corrected chi connectivity index (χ2v) is 11.1. The van der Waals surface area contributed by atoms with Crippen LogP contribution < -0.4 is 9.47 Å². The highest BCUT2D eigenvalue weighted by Crippen LogP contribution is 2.43. The van der Waals surface area contributed by atoms with E-state index in [4.69, 9.17) is 9.47 Å². The van der Waals surface area contributed by atoms with Crippen LogP contribution in [0.15, 0.2) is 48.5 Å². The fourth-order valence-corrected chi connectivity index (χ4v) is 6.60. The average Bonchev–Trinajstić information content (AvgIpc) is 3.50. The van der Waals surface area contributed by atoms with E-state index in [-0.39, 0.29) is 24.5 Å². The van der Waals surface area contributed by atoms with Crippen molar-refractivity contribution in [3.05, 3.63) is 81.9 Å². The van der Waals surface area contributed by atoms with E-state index >= 15 is 0 Å². The summed E-state index contributed by atoms with van der Waals surface area (Å²) in [5.74, 6) is 0.438. The third kappa shape index (κ3) is 4.60. The van der Waals surface area contributed by atoms with Crippen molar-refractivity contribution in [1.82, 2.24) is 19.9 Å². The normalized spacial score (nSPS) is 19.5. The molecule has 2 unspecified atom stereocenters. The van der Waals surface area contributed by atoms with Gasteiger partial charge in [-0.25, -0.2) is 4.68 Å². The lowest BCUT2D eigenvalue weighted by Crippen LogP contribution is -2.34. The Kier molecular flexibility index (Phi) is 6.96. The van der Waals surface area contributed by atoms with Gasteiger partial charge in [0.05, 0.1) is 13.5 Å². The fourth-order valence-electron chi connectivity index (χ4n) is 6.60. The van der Waals surface area contributed by atoms with E-state index in [2.05, 4.69) is 58.5 Å². The van der Waals surface area contributed by atoms with E-state index in [0.29, 0.717) is 5.75 Å². The summed E-state index contributed by atoms with van der Waals surface area (Å²) in [6.45, 7) is 5.87. The van der Waals surface area contributed by atoms with Crippen LogP contribution in [-0.4, -0.2) is 50.7 Å². The highest BCUT2D eigenvalue weighted by atomic mass is 16.5. The molecule has 2 aliphatic rings. The second kappa shape index (κ2) is 10.6. The van der Waals surface area contributed by atoms with Crippen molar-refractivity contribution in [1.29, 1.82) is 0 Å². The van der Waals surface area contributed by atoms with Crippen molar-refractivity contribution < 1.29 is 19.4 Å². The van der Waals surface area contributed by atoms with Crippen LogP contribution in [-0.2, 0) is 24.8 Å². The first-order valence-corrected chi connectivity index (χ1v) is 14.1. The zero-order valence-corrected chi connectivity index (χ0v) is 23.6. The molecule has 8 nitrogen and oxygen atoms in total. The zero-order valence-electron chi connectivity index (χ0n) is 23.6. The van der Waals surface area contributed by atoms with Gasteiger partial charge in [0.15, 0.2) is 0 Å². The molecular formula is C32H36N4O4. The van der Waals surface area contributed by atoms with Crippen molar-refractivity contribution in [3.63, 3.8) is 0 Å². The summed E-state index contributed by atoms with van der Waals surface area (Å²) in [5, 5.41) is 18.6. The third-order valence-corrected chi connectivity index (χ3v) is 8.70. The smallest absolute Gasteiger partial charge is 0.304 e. The molecule has 1 aromatic heterocycles. The predicted octanol–water partition coefficient (Wildman–Crippen LogP) is 5.55. The average molecular weight is 541 g/mol. The Morgan fingerprint density at radius 1 is 1.20 bits per heavy atom. The molecule has 3 atom stereocenters. The molecule has 4 aromatic rings. The zero-order chi connectivity index (χ0) is 28.0. The second-order valence-electron chi connectivity index (χ2n) is 11.1. The number of benzene rings is 3. The van der Waals surface area contributed by atoms with Crippen LogP contribution in [0, 0.1) is 6.92 Å². The van der Waals surface area contributed by atoms with E-state index in [9.17, 15) is 9.90 Å². The van der Waals surface area contributed by atoms with Crippen molar-refractivity contribution in [3.8, 4) is 11.5 Å². The minimum Gasteiger partial charge on any atom is -0.494 e. The Bertz CT molecular complexity index is 1580. The topological polar surface area (TPSA) is 89.7 Å². The summed E-state index contributed by atoms with van der Waals surface area (Å²) < 4.78 is 13.8. The number of aryl methyl sites for hydroxylation is 3. The molecule has 8 heteroatoms. The van der Waals surface area contributed by atoms with Gasteiger partial charge in [0.25, 0.3) is 0 Å². The molecule has 1 N–H and O–H groups in total. The number of aliphatic carboxylic acids is 1. The standard InChI is InChI=1S/C32H36N4O4/c1-5-23-18-36(17-22-8-6-7-9-28(22)40-23)27-13-12-20-10-11-21(14-26(20)27)25(16-30(37)38)24-15-29(39-4)32-31(19(24)2)33-34-35(32)3/h6-11,14-15,23,25,27H,5,12-13,16-18H2,1-4H3,(H,37,38)/t23-,25?,27?/m1/s1. The number of hydrogen-bond acceptors (Lipinski definition) is 6. The van der Waals surface area contributed by atoms with Gasteiger partial charge in [0, 0.05) is 37.7 Å². The highest BCUT2D eigenvalue weighted by molar-refractivity contribution is 5.86. The van der Waals surface area contributed by atoms with Gasteiger partial charge >= 0.3 is 5.97 Å². The Morgan fingerprint density at radius 2 is 2.02 bits per heavy atom. The first-order valence-electron chi connectivity index (χ1n) is 14.1. The molecule has 0 fully saturated rings. The van der Waals surface area contributed by atoms with Crippen LogP contribution in [0.2, 0.25) is 0 Å². The lowest BCUT2D eigenvalue weighted by molar-refractivity contribution is -0.137. The summed E-state index contributed by atoms with van der Waals surface area (Å²) in [4.78, 5) is 14.7. The molecular weight excluding hydrogens is 504 g/mol. The highest BCUT2D eigenvalue weighted by Gasteiger charge is 2.33. The van der Waals surface area contributed by atoms with Crippen LogP contribution in [0.4, 0.5) is 0 Å². The summed E-state index contributed by atoms with van der Waals surface area (Å²) in [5.41, 5.74) is 8.23. The number of aromatic nitrogens is 3. The summed E-state index contributed by atoms with van der Waals surface area (Å²) in [6, 6.07) is 17.1. The quantitative estimate of drug-likeness (QED) is 0.329. The number of methoxy groups -OCH3 is 1. The lowest BCUT2D eigenvalue weighted by atomic mass is 9.84. The number of ether oxygens (including phenoxy) is 2. The molecule has 1 aliphatic heterocycles. The Balaban J connectivity index is 1.41. The monoisotopic (exact) mass is 540 g/mol. The number of para-hydroxylation sites is 1. The molecule has 208 valence electrons. The number of fused-ring (bicyclic) bond motifs is 3. The van der Waals surface area contributed by atoms with Gasteiger partial charge in [0.1, 0.15) is 28.6 Å². The van der Waals surface area contributed by atoms with Crippen molar-refractivity contribution in [2.45, 2.75) is 64.1 Å². The summed E-state index contributed by atoms with van der Waals surface area (Å²) in [6.07, 6.45) is 3.10. The maximum Gasteiger partial charge on any atom is 0.304 e. The number of nitrogens with zero attached hydrogens (tertiary/aromatic N) is 4. The number of carboxylic acids is 1. The van der Waals surface area contributed by atoms with E-state index in [1.807, 2.05) is 26.1 Å². The molecule has 40 heavy (non-hydrogen) atoms. The third-order valence-electron chi connectivity index (χ3n) is 8.70. The molecule has 3 aromatic carbocycles. The van der Waals surface area contributed by atoms with Crippen LogP contribution in [0.25, 0.3) is 11.0 Å². The molecule has 0 bridgehead atoms. The van der Waals surface area contributed by atoms with Gasteiger partial charge in [0.2, 0.25) is 0 Å². The molecule has 0 saturated heterocycles. The molecule has 0 amide bonds. The number of carbonyl (C=O) groups is 1. The summed E-state index contributed by atoms with van der Waals surface area (Å²) >= 11 is 0. The van der Waals surface area contributed by atoms with Crippen molar-refractivity contribution in [2.24, 2.45) is 7.05 Å². The van der Waals surface area contributed by atoms with Crippen LogP contribution in [0.3, 0.4) is 0 Å². The number of rotatable bonds is 7. The van der Waals surface area contributed by atoms with Gasteiger partial charge in [-0.2, -0.15) is 0 Å². The van der Waals surface area contributed by atoms with Crippen molar-refractivity contribution in [2.75, 3.05) is 13.7 Å². The summed E-state index contributed by atoms with van der Waals surface area (Å²) in [7, 11) is 3.46. The van der Waals surface area contributed by atoms with Gasteiger partial charge in [-0.15, -0.1) is 5.10 Å². The molecule has 1 aliphatic carbocycles. The first-order chi connectivity index (χ1) is 19.4. The lowest BCUT2D eigenvalue weighted by Gasteiger charge is -2.30. The SMILES string of the molecule is CC[C@@H]1CN(C2CCc3ccc(C(CC(=O)O)c4cc(OC)c5c(nnn5C)c4C)cc32)Cc2ccccc2O1. The minimum absolute atomic E-state index is 0.0257. The Labute approximate surface area is 234 Å². The maximum absolute atomic E-state index is 12.2. The van der Waals surface area contributed by atoms with Gasteiger partial charge in [-0.1, -0.05) is 48.5 Å². The van der Waals surface area contributed by atoms with Gasteiger partial charge in [-0.05, 0) is 66.1 Å². The van der Waals surface area contributed by atoms with Crippen LogP contribution in [0.1, 0.15) is 71.5 Å². The van der Waals surface area contributed by atoms with E-state index < -0.39 is 5.97 Å². The van der Waals surface area contributed by atoms with Crippen LogP contribution in [0.5, 0.6) is 11.5 Å². The van der Waals surface area contributed by atoms with Crippen LogP contribution >= 0.6 is 0 Å². The minimum atomic E-state index is -0.841. The van der Waals surface area contributed by atoms with Gasteiger partial charge in [-0.3, -0.25) is 9.69 Å². The molecule has 0 saturated carbocycles. The molecule has 6 rings (SSSR count). The van der Waals surface area contributed by atoms with Gasteiger partial charge < -0.3 is 14.6 Å². The number of carboxylic acid groups (broad SMARTS) is 1. The Hall–Kier alpha value is -3.91. The molecule has 0 radical (unpaired) electrons. The van der Waals surface area contributed by atoms with Crippen molar-refractivity contribution >= 4 is 17.0 Å². The van der Waals surface area contributed by atoms with E-state index in [1.165, 1.54) is 16.7 Å². The Morgan fingerprint density at radius 3 is 2.80 bits per heavy atom. The molecule has 0 spiro atoms. The van der Waals surface area contributed by atoms with E-state index in [0.717, 1.165) is 65.8 Å². The maximum atomic E-state index is 12.2. The van der Waals surface area contributed by atoms with E-state index in [1.54, 1.807) is 11.8 Å². The molecule has 2 heterocycles. The largest absolute Gasteiger partial charge is 0.494 e.